The van der Waals surface area contributed by atoms with Gasteiger partial charge in [0.05, 0.1) is 11.4 Å². The first-order valence-electron chi connectivity index (χ1n) is 8.23. The van der Waals surface area contributed by atoms with Crippen molar-refractivity contribution in [1.29, 1.82) is 0 Å². The predicted molar refractivity (Wildman–Crippen MR) is 90.9 cm³/mol. The van der Waals surface area contributed by atoms with E-state index >= 15 is 0 Å². The minimum atomic E-state index is -1.08. The van der Waals surface area contributed by atoms with E-state index in [0.29, 0.717) is 36.1 Å². The highest BCUT2D eigenvalue weighted by atomic mass is 16.6. The Morgan fingerprint density at radius 3 is 2.62 bits per heavy atom. The Hall–Kier alpha value is -3.10. The number of hydrogen-bond acceptors (Lipinski definition) is 6. The van der Waals surface area contributed by atoms with Gasteiger partial charge in [-0.2, -0.15) is 0 Å². The Morgan fingerprint density at radius 1 is 1.27 bits per heavy atom. The Bertz CT molecular complexity index is 846. The molecule has 1 amide bonds. The maximum Gasteiger partial charge on any atom is 0.323 e. The number of aromatic nitrogens is 3. The third-order valence-electron chi connectivity index (χ3n) is 4.06. The quantitative estimate of drug-likeness (QED) is 0.856. The lowest BCUT2D eigenvalue weighted by Crippen LogP contribution is -2.41. The van der Waals surface area contributed by atoms with Crippen LogP contribution >= 0.6 is 0 Å². The first kappa shape index (κ1) is 17.7. The summed E-state index contributed by atoms with van der Waals surface area (Å²) in [6.45, 7) is 5.79. The molecular formula is C17H20N4O5. The number of hydrogen-bond donors (Lipinski definition) is 1. The standard InChI is InChI=1S/C17H20N4O5/c1-10(2)20(9-15(22)23)17(24)16-11(3)21(19-18-16)12-4-5-13-14(8-12)26-7-6-25-13/h4-5,8,10H,6-7,9H2,1-3H3,(H,22,23). The predicted octanol–water partition coefficient (Wildman–Crippen LogP) is 1.28. The number of benzene rings is 1. The molecule has 1 aromatic carbocycles. The summed E-state index contributed by atoms with van der Waals surface area (Å²) >= 11 is 0. The molecule has 0 fully saturated rings. The average Bonchev–Trinajstić information content (AvgIpc) is 2.99. The highest BCUT2D eigenvalue weighted by molar-refractivity contribution is 5.95. The van der Waals surface area contributed by atoms with Gasteiger partial charge in [0.25, 0.3) is 5.91 Å². The number of fused-ring (bicyclic) bond motifs is 1. The summed E-state index contributed by atoms with van der Waals surface area (Å²) in [6, 6.07) is 5.05. The van der Waals surface area contributed by atoms with Crippen molar-refractivity contribution in [2.45, 2.75) is 26.8 Å². The molecule has 0 radical (unpaired) electrons. The van der Waals surface area contributed by atoms with Gasteiger partial charge >= 0.3 is 5.97 Å². The van der Waals surface area contributed by atoms with Crippen molar-refractivity contribution in [3.63, 3.8) is 0 Å². The van der Waals surface area contributed by atoms with Crippen molar-refractivity contribution >= 4 is 11.9 Å². The third kappa shape index (κ3) is 3.32. The molecule has 2 aromatic rings. The van der Waals surface area contributed by atoms with Crippen LogP contribution in [0.4, 0.5) is 0 Å². The zero-order valence-corrected chi connectivity index (χ0v) is 14.8. The molecular weight excluding hydrogens is 340 g/mol. The zero-order valence-electron chi connectivity index (χ0n) is 14.8. The zero-order chi connectivity index (χ0) is 18.8. The Labute approximate surface area is 150 Å². The molecule has 3 rings (SSSR count). The van der Waals surface area contributed by atoms with Crippen LogP contribution in [0.15, 0.2) is 18.2 Å². The molecule has 0 bridgehead atoms. The van der Waals surface area contributed by atoms with E-state index in [-0.39, 0.29) is 11.7 Å². The lowest BCUT2D eigenvalue weighted by Gasteiger charge is -2.24. The number of carbonyl (C=O) groups is 2. The molecule has 9 heteroatoms. The summed E-state index contributed by atoms with van der Waals surface area (Å²) in [5.41, 5.74) is 1.31. The van der Waals surface area contributed by atoms with Crippen LogP contribution < -0.4 is 9.47 Å². The molecule has 0 saturated heterocycles. The monoisotopic (exact) mass is 360 g/mol. The summed E-state index contributed by atoms with van der Waals surface area (Å²) in [5, 5.41) is 17.1. The average molecular weight is 360 g/mol. The summed E-state index contributed by atoms with van der Waals surface area (Å²) in [7, 11) is 0. The van der Waals surface area contributed by atoms with Gasteiger partial charge in [-0.3, -0.25) is 9.59 Å². The van der Waals surface area contributed by atoms with Gasteiger partial charge in [-0.05, 0) is 32.9 Å². The van der Waals surface area contributed by atoms with E-state index in [1.54, 1.807) is 39.0 Å². The molecule has 0 saturated carbocycles. The number of aliphatic carboxylic acids is 1. The lowest BCUT2D eigenvalue weighted by molar-refractivity contribution is -0.138. The van der Waals surface area contributed by atoms with Crippen LogP contribution in [0.2, 0.25) is 0 Å². The van der Waals surface area contributed by atoms with E-state index < -0.39 is 18.4 Å². The maximum atomic E-state index is 12.7. The van der Waals surface area contributed by atoms with Crippen molar-refractivity contribution in [2.24, 2.45) is 0 Å². The molecule has 0 aliphatic carbocycles. The highest BCUT2D eigenvalue weighted by Crippen LogP contribution is 2.32. The van der Waals surface area contributed by atoms with Crippen LogP contribution in [0.1, 0.15) is 30.0 Å². The van der Waals surface area contributed by atoms with Crippen LogP contribution in [-0.2, 0) is 4.79 Å². The van der Waals surface area contributed by atoms with E-state index in [9.17, 15) is 9.59 Å². The number of ether oxygens (including phenoxy) is 2. The summed E-state index contributed by atoms with van der Waals surface area (Å²) < 4.78 is 12.6. The molecule has 0 atom stereocenters. The number of carboxylic acids is 1. The molecule has 138 valence electrons. The van der Waals surface area contributed by atoms with Gasteiger partial charge in [0, 0.05) is 12.1 Å². The van der Waals surface area contributed by atoms with Crippen molar-refractivity contribution in [3.8, 4) is 17.2 Å². The Morgan fingerprint density at radius 2 is 1.96 bits per heavy atom. The summed E-state index contributed by atoms with van der Waals surface area (Å²) in [4.78, 5) is 25.0. The molecule has 2 heterocycles. The molecule has 1 aliphatic rings. The molecule has 26 heavy (non-hydrogen) atoms. The van der Waals surface area contributed by atoms with Crippen molar-refractivity contribution < 1.29 is 24.2 Å². The SMILES string of the molecule is Cc1c(C(=O)N(CC(=O)O)C(C)C)nnn1-c1ccc2c(c1)OCCO2. The number of amides is 1. The fourth-order valence-electron chi connectivity index (χ4n) is 2.71. The largest absolute Gasteiger partial charge is 0.486 e. The smallest absolute Gasteiger partial charge is 0.323 e. The van der Waals surface area contributed by atoms with Crippen LogP contribution in [0.5, 0.6) is 11.5 Å². The minimum Gasteiger partial charge on any atom is -0.486 e. The first-order chi connectivity index (χ1) is 12.4. The van der Waals surface area contributed by atoms with Gasteiger partial charge in [0.1, 0.15) is 19.8 Å². The third-order valence-corrected chi connectivity index (χ3v) is 4.06. The molecule has 9 nitrogen and oxygen atoms in total. The second kappa shape index (κ2) is 7.03. The molecule has 1 aromatic heterocycles. The van der Waals surface area contributed by atoms with E-state index in [1.807, 2.05) is 0 Å². The van der Waals surface area contributed by atoms with Crippen molar-refractivity contribution in [3.05, 3.63) is 29.6 Å². The topological polar surface area (TPSA) is 107 Å². The van der Waals surface area contributed by atoms with Gasteiger partial charge in [-0.1, -0.05) is 5.21 Å². The van der Waals surface area contributed by atoms with E-state index in [0.717, 1.165) is 0 Å². The molecule has 0 unspecified atom stereocenters. The van der Waals surface area contributed by atoms with Crippen molar-refractivity contribution in [2.75, 3.05) is 19.8 Å². The lowest BCUT2D eigenvalue weighted by atomic mass is 10.2. The summed E-state index contributed by atoms with van der Waals surface area (Å²) in [5.74, 6) is -0.291. The first-order valence-corrected chi connectivity index (χ1v) is 8.23. The second-order valence-corrected chi connectivity index (χ2v) is 6.18. The molecule has 1 aliphatic heterocycles. The van der Waals surface area contributed by atoms with Crippen LogP contribution in [0.3, 0.4) is 0 Å². The van der Waals surface area contributed by atoms with Gasteiger partial charge in [0.15, 0.2) is 17.2 Å². The number of nitrogens with zero attached hydrogens (tertiary/aromatic N) is 4. The van der Waals surface area contributed by atoms with Crippen LogP contribution in [-0.4, -0.2) is 62.7 Å². The number of carbonyl (C=O) groups excluding carboxylic acids is 1. The fourth-order valence-corrected chi connectivity index (χ4v) is 2.71. The van der Waals surface area contributed by atoms with Crippen molar-refractivity contribution in [1.82, 2.24) is 19.9 Å². The molecule has 1 N–H and O–H groups in total. The van der Waals surface area contributed by atoms with Gasteiger partial charge in [0.2, 0.25) is 0 Å². The second-order valence-electron chi connectivity index (χ2n) is 6.18. The normalized spacial score (nSPS) is 12.9. The van der Waals surface area contributed by atoms with Crippen LogP contribution in [0, 0.1) is 6.92 Å². The summed E-state index contributed by atoms with van der Waals surface area (Å²) in [6.07, 6.45) is 0. The van der Waals surface area contributed by atoms with E-state index in [2.05, 4.69) is 10.3 Å². The van der Waals surface area contributed by atoms with E-state index in [1.165, 1.54) is 9.58 Å². The van der Waals surface area contributed by atoms with Gasteiger partial charge in [-0.25, -0.2) is 4.68 Å². The van der Waals surface area contributed by atoms with Gasteiger partial charge < -0.3 is 19.5 Å². The maximum absolute atomic E-state index is 12.7. The van der Waals surface area contributed by atoms with Crippen LogP contribution in [0.25, 0.3) is 5.69 Å². The Balaban J connectivity index is 1.92. The highest BCUT2D eigenvalue weighted by Gasteiger charge is 2.27. The number of rotatable bonds is 5. The number of carboxylic acid groups (broad SMARTS) is 1. The van der Waals surface area contributed by atoms with Gasteiger partial charge in [-0.15, -0.1) is 5.10 Å². The van der Waals surface area contributed by atoms with E-state index in [4.69, 9.17) is 14.6 Å². The minimum absolute atomic E-state index is 0.120. The Kier molecular flexibility index (Phi) is 4.79. The fraction of sp³-hybridized carbons (Fsp3) is 0.412. The molecule has 0 spiro atoms.